The van der Waals surface area contributed by atoms with Crippen LogP contribution >= 0.6 is 0 Å². The predicted molar refractivity (Wildman–Crippen MR) is 47.7 cm³/mol. The molecule has 1 heterocycles. The Labute approximate surface area is 86.1 Å². The van der Waals surface area contributed by atoms with E-state index in [1.165, 1.54) is 18.5 Å². The number of nitrogens with zero attached hydrogens (tertiary/aromatic N) is 3. The number of hydrogen-bond acceptors (Lipinski definition) is 1. The van der Waals surface area contributed by atoms with E-state index in [2.05, 4.69) is 25.3 Å². The summed E-state index contributed by atoms with van der Waals surface area (Å²) in [6.45, 7) is 5.28. The lowest BCUT2D eigenvalue weighted by molar-refractivity contribution is -0.752. The molecular weight excluding hydrogens is 186 g/mol. The van der Waals surface area contributed by atoms with Gasteiger partial charge in [-0.15, -0.1) is 9.36 Å². The van der Waals surface area contributed by atoms with E-state index in [9.17, 15) is 0 Å². The Balaban J connectivity index is 0.00000144. The second kappa shape index (κ2) is 5.97. The lowest BCUT2D eigenvalue weighted by Gasteiger charge is -1.90. The molecule has 0 aliphatic heterocycles. The molecule has 0 saturated carbocycles. The van der Waals surface area contributed by atoms with Crippen molar-refractivity contribution in [3.8, 4) is 0 Å². The predicted octanol–water partition coefficient (Wildman–Crippen LogP) is -1.93. The molecule has 0 spiro atoms. The zero-order chi connectivity index (χ0) is 8.97. The zero-order valence-electron chi connectivity index (χ0n) is 8.63. The minimum Gasteiger partial charge on any atom is -1.00 e. The van der Waals surface area contributed by atoms with Crippen LogP contribution in [0.4, 0.5) is 0 Å². The fourth-order valence-electron chi connectivity index (χ4n) is 1.25. The molecule has 3 nitrogen and oxygen atoms in total. The number of halogens is 1. The van der Waals surface area contributed by atoms with Crippen LogP contribution in [0.1, 0.15) is 32.4 Å². The van der Waals surface area contributed by atoms with Crippen molar-refractivity contribution in [3.63, 3.8) is 0 Å². The molecule has 1 aromatic heterocycles. The molecule has 0 N–H and O–H groups in total. The molecule has 76 valence electrons. The summed E-state index contributed by atoms with van der Waals surface area (Å²) in [6.07, 6.45) is 5.78. The standard InChI is InChI=1S/C9H18N3.ClH/c1-4-6-7-9-8-12(5-2)10-11(9)3;/h8H,4-7H2,1-3H3;1H/q+1;/p-1. The fourth-order valence-corrected chi connectivity index (χ4v) is 1.25. The normalized spacial score (nSPS) is 9.77. The summed E-state index contributed by atoms with van der Waals surface area (Å²) >= 11 is 0. The molecule has 13 heavy (non-hydrogen) atoms. The Morgan fingerprint density at radius 1 is 1.46 bits per heavy atom. The van der Waals surface area contributed by atoms with E-state index in [-0.39, 0.29) is 12.4 Å². The quantitative estimate of drug-likeness (QED) is 0.523. The highest BCUT2D eigenvalue weighted by Crippen LogP contribution is 1.99. The molecule has 4 heteroatoms. The van der Waals surface area contributed by atoms with Crippen LogP contribution in [-0.2, 0) is 20.0 Å². The lowest BCUT2D eigenvalue weighted by Crippen LogP contribution is -3.00. The van der Waals surface area contributed by atoms with Crippen LogP contribution in [0.2, 0.25) is 0 Å². The van der Waals surface area contributed by atoms with Gasteiger partial charge < -0.3 is 12.4 Å². The number of aromatic nitrogens is 3. The van der Waals surface area contributed by atoms with Gasteiger partial charge in [-0.1, -0.05) is 13.3 Å². The first kappa shape index (κ1) is 12.4. The smallest absolute Gasteiger partial charge is 0.167 e. The first-order valence-electron chi connectivity index (χ1n) is 4.70. The van der Waals surface area contributed by atoms with Gasteiger partial charge in [0.1, 0.15) is 13.6 Å². The number of hydrogen-bond donors (Lipinski definition) is 0. The molecule has 0 unspecified atom stereocenters. The van der Waals surface area contributed by atoms with Crippen molar-refractivity contribution < 1.29 is 17.1 Å². The molecule has 0 saturated heterocycles. The van der Waals surface area contributed by atoms with Gasteiger partial charge in [-0.2, -0.15) is 0 Å². The summed E-state index contributed by atoms with van der Waals surface area (Å²) in [5.41, 5.74) is 1.33. The number of aryl methyl sites for hydroxylation is 3. The summed E-state index contributed by atoms with van der Waals surface area (Å²) in [6, 6.07) is 0. The topological polar surface area (TPSA) is 21.7 Å². The van der Waals surface area contributed by atoms with E-state index in [0.717, 1.165) is 13.0 Å². The Morgan fingerprint density at radius 2 is 2.15 bits per heavy atom. The third kappa shape index (κ3) is 3.35. The van der Waals surface area contributed by atoms with Gasteiger partial charge in [-0.3, -0.25) is 0 Å². The number of unbranched alkanes of at least 4 members (excludes halogenated alkanes) is 1. The van der Waals surface area contributed by atoms with Crippen molar-refractivity contribution in [2.45, 2.75) is 39.7 Å². The molecule has 0 bridgehead atoms. The minimum absolute atomic E-state index is 0. The van der Waals surface area contributed by atoms with E-state index < -0.39 is 0 Å². The van der Waals surface area contributed by atoms with E-state index in [1.807, 2.05) is 16.4 Å². The van der Waals surface area contributed by atoms with Gasteiger partial charge in [-0.25, -0.2) is 0 Å². The van der Waals surface area contributed by atoms with Gasteiger partial charge >= 0.3 is 0 Å². The maximum Gasteiger partial charge on any atom is 0.167 e. The summed E-state index contributed by atoms with van der Waals surface area (Å²) in [4.78, 5) is 0. The highest BCUT2D eigenvalue weighted by molar-refractivity contribution is 4.89. The molecule has 0 amide bonds. The maximum absolute atomic E-state index is 4.32. The summed E-state index contributed by atoms with van der Waals surface area (Å²) < 4.78 is 3.95. The van der Waals surface area contributed by atoms with E-state index in [1.54, 1.807) is 0 Å². The third-order valence-corrected chi connectivity index (χ3v) is 2.07. The van der Waals surface area contributed by atoms with Gasteiger partial charge in [-0.05, 0) is 13.3 Å². The van der Waals surface area contributed by atoms with Gasteiger partial charge in [0.25, 0.3) is 0 Å². The molecule has 0 radical (unpaired) electrons. The molecule has 0 fully saturated rings. The average Bonchev–Trinajstić information content (AvgIpc) is 2.43. The van der Waals surface area contributed by atoms with Crippen LogP contribution < -0.4 is 17.1 Å². The Hall–Kier alpha value is -0.570. The van der Waals surface area contributed by atoms with Crippen LogP contribution in [0.5, 0.6) is 0 Å². The van der Waals surface area contributed by atoms with Crippen molar-refractivity contribution in [3.05, 3.63) is 11.9 Å². The van der Waals surface area contributed by atoms with Crippen molar-refractivity contribution in [1.82, 2.24) is 9.90 Å². The highest BCUT2D eigenvalue weighted by atomic mass is 35.5. The van der Waals surface area contributed by atoms with Gasteiger partial charge in [0, 0.05) is 6.42 Å². The van der Waals surface area contributed by atoms with Crippen molar-refractivity contribution >= 4 is 0 Å². The Bertz CT molecular complexity index is 245. The van der Waals surface area contributed by atoms with Crippen molar-refractivity contribution in [2.24, 2.45) is 7.05 Å². The average molecular weight is 204 g/mol. The van der Waals surface area contributed by atoms with Gasteiger partial charge in [0.2, 0.25) is 0 Å². The Kier molecular flexibility index (Phi) is 5.71. The third-order valence-electron chi connectivity index (χ3n) is 2.07. The summed E-state index contributed by atoms with van der Waals surface area (Å²) in [5.74, 6) is 0. The molecule has 1 rings (SSSR count). The van der Waals surface area contributed by atoms with Crippen LogP contribution in [0.3, 0.4) is 0 Å². The number of rotatable bonds is 4. The lowest BCUT2D eigenvalue weighted by atomic mass is 10.2. The molecule has 1 aromatic rings. The molecule has 0 atom stereocenters. The molecule has 0 aliphatic carbocycles. The van der Waals surface area contributed by atoms with Crippen LogP contribution in [0.25, 0.3) is 0 Å². The highest BCUT2D eigenvalue weighted by Gasteiger charge is 2.09. The van der Waals surface area contributed by atoms with Gasteiger partial charge in [0.05, 0.1) is 5.21 Å². The first-order chi connectivity index (χ1) is 5.77. The van der Waals surface area contributed by atoms with Crippen LogP contribution in [0.15, 0.2) is 6.20 Å². The monoisotopic (exact) mass is 203 g/mol. The minimum atomic E-state index is 0. The molecule has 0 aromatic carbocycles. The zero-order valence-corrected chi connectivity index (χ0v) is 9.38. The van der Waals surface area contributed by atoms with E-state index >= 15 is 0 Å². The summed E-state index contributed by atoms with van der Waals surface area (Å²) in [7, 11) is 2.01. The SMILES string of the molecule is CCCCc1c[n+](CC)nn1C.[Cl-]. The van der Waals surface area contributed by atoms with E-state index in [4.69, 9.17) is 0 Å². The fraction of sp³-hybridized carbons (Fsp3) is 0.778. The largest absolute Gasteiger partial charge is 1.00 e. The maximum atomic E-state index is 4.32. The molecular formula is C9H18ClN3. The van der Waals surface area contributed by atoms with E-state index in [0.29, 0.717) is 0 Å². The van der Waals surface area contributed by atoms with Crippen LogP contribution in [0, 0.1) is 0 Å². The van der Waals surface area contributed by atoms with Crippen molar-refractivity contribution in [1.29, 1.82) is 0 Å². The van der Waals surface area contributed by atoms with Crippen LogP contribution in [-0.4, -0.2) is 9.90 Å². The second-order valence-corrected chi connectivity index (χ2v) is 3.09. The summed E-state index contributed by atoms with van der Waals surface area (Å²) in [5, 5.41) is 4.32. The molecule has 0 aliphatic rings. The first-order valence-corrected chi connectivity index (χ1v) is 4.70. The van der Waals surface area contributed by atoms with Crippen molar-refractivity contribution in [2.75, 3.05) is 0 Å². The second-order valence-electron chi connectivity index (χ2n) is 3.09. The van der Waals surface area contributed by atoms with Gasteiger partial charge in [0.15, 0.2) is 11.9 Å². The Morgan fingerprint density at radius 3 is 2.62 bits per heavy atom.